The molecule has 2 heteroatoms. The molecule has 1 atom stereocenters. The first-order valence-corrected chi connectivity index (χ1v) is 6.08. The molecule has 0 aliphatic rings. The highest BCUT2D eigenvalue weighted by Gasteiger charge is 2.03. The Bertz CT molecular complexity index is 299. The van der Waals surface area contributed by atoms with Crippen molar-refractivity contribution >= 4 is 5.69 Å². The molecule has 0 aliphatic carbocycles. The second-order valence-corrected chi connectivity index (χ2v) is 4.35. The van der Waals surface area contributed by atoms with E-state index in [-0.39, 0.29) is 0 Å². The number of nitrogens with one attached hydrogen (secondary N) is 1. The van der Waals surface area contributed by atoms with Crippen molar-refractivity contribution in [2.45, 2.75) is 26.7 Å². The number of anilines is 1. The third-order valence-electron chi connectivity index (χ3n) is 2.63. The van der Waals surface area contributed by atoms with Gasteiger partial charge >= 0.3 is 0 Å². The molecule has 90 valence electrons. The molecule has 1 unspecified atom stereocenters. The van der Waals surface area contributed by atoms with Gasteiger partial charge < -0.3 is 10.1 Å². The maximum absolute atomic E-state index is 5.13. The minimum absolute atomic E-state index is 0.541. The van der Waals surface area contributed by atoms with Gasteiger partial charge in [0.05, 0.1) is 6.61 Å². The lowest BCUT2D eigenvalue weighted by Gasteiger charge is -2.15. The molecule has 0 radical (unpaired) electrons. The summed E-state index contributed by atoms with van der Waals surface area (Å²) in [7, 11) is 1.75. The quantitative estimate of drug-likeness (QED) is 0.762. The molecule has 0 saturated carbocycles. The number of para-hydroxylation sites is 1. The fraction of sp³-hybridized carbons (Fsp3) is 0.571. The zero-order valence-corrected chi connectivity index (χ0v) is 10.6. The molecular formula is C14H23NO. The van der Waals surface area contributed by atoms with Crippen molar-refractivity contribution in [3.8, 4) is 0 Å². The van der Waals surface area contributed by atoms with Crippen molar-refractivity contribution in [3.05, 3.63) is 29.8 Å². The van der Waals surface area contributed by atoms with Crippen LogP contribution in [0.3, 0.4) is 0 Å². The smallest absolute Gasteiger partial charge is 0.0504 e. The van der Waals surface area contributed by atoms with Crippen LogP contribution in [-0.4, -0.2) is 20.3 Å². The molecule has 0 spiro atoms. The molecule has 0 aromatic heterocycles. The maximum Gasteiger partial charge on any atom is 0.0504 e. The zero-order valence-electron chi connectivity index (χ0n) is 10.6. The highest BCUT2D eigenvalue weighted by Crippen LogP contribution is 2.17. The normalized spacial score (nSPS) is 12.4. The number of hydrogen-bond acceptors (Lipinski definition) is 2. The van der Waals surface area contributed by atoms with Gasteiger partial charge in [-0.1, -0.05) is 38.5 Å². The second kappa shape index (κ2) is 7.29. The second-order valence-electron chi connectivity index (χ2n) is 4.35. The molecule has 1 rings (SSSR count). The van der Waals surface area contributed by atoms with E-state index in [0.717, 1.165) is 19.6 Å². The van der Waals surface area contributed by atoms with E-state index in [1.807, 2.05) is 0 Å². The van der Waals surface area contributed by atoms with Crippen LogP contribution < -0.4 is 5.32 Å². The Kier molecular flexibility index (Phi) is 5.94. The summed E-state index contributed by atoms with van der Waals surface area (Å²) < 4.78 is 5.13. The van der Waals surface area contributed by atoms with Crippen molar-refractivity contribution in [1.82, 2.24) is 0 Å². The lowest BCUT2D eigenvalue weighted by molar-refractivity contribution is 0.164. The van der Waals surface area contributed by atoms with Crippen molar-refractivity contribution in [1.29, 1.82) is 0 Å². The molecule has 16 heavy (non-hydrogen) atoms. The SMILES string of the molecule is CCCc1ccccc1NCC(C)COC. The fourth-order valence-corrected chi connectivity index (χ4v) is 1.81. The number of benzene rings is 1. The molecule has 0 bridgehead atoms. The van der Waals surface area contributed by atoms with Crippen LogP contribution in [0.15, 0.2) is 24.3 Å². The molecule has 2 nitrogen and oxygen atoms in total. The first-order valence-electron chi connectivity index (χ1n) is 6.08. The molecule has 1 aromatic carbocycles. The third kappa shape index (κ3) is 4.23. The lowest BCUT2D eigenvalue weighted by Crippen LogP contribution is -2.16. The number of hydrogen-bond donors (Lipinski definition) is 1. The molecule has 1 aromatic rings. The summed E-state index contributed by atoms with van der Waals surface area (Å²) >= 11 is 0. The van der Waals surface area contributed by atoms with Crippen LogP contribution in [0.4, 0.5) is 5.69 Å². The van der Waals surface area contributed by atoms with Crippen LogP contribution in [0, 0.1) is 5.92 Å². The van der Waals surface area contributed by atoms with Gasteiger partial charge in [0, 0.05) is 19.3 Å². The Hall–Kier alpha value is -1.02. The number of rotatable bonds is 7. The van der Waals surface area contributed by atoms with Crippen LogP contribution in [0.5, 0.6) is 0 Å². The number of ether oxygens (including phenoxy) is 1. The van der Waals surface area contributed by atoms with Gasteiger partial charge in [-0.15, -0.1) is 0 Å². The third-order valence-corrected chi connectivity index (χ3v) is 2.63. The molecule has 0 saturated heterocycles. The fourth-order valence-electron chi connectivity index (χ4n) is 1.81. The monoisotopic (exact) mass is 221 g/mol. The van der Waals surface area contributed by atoms with E-state index in [4.69, 9.17) is 4.74 Å². The van der Waals surface area contributed by atoms with E-state index in [0.29, 0.717) is 5.92 Å². The standard InChI is InChI=1S/C14H23NO/c1-4-7-13-8-5-6-9-14(13)15-10-12(2)11-16-3/h5-6,8-9,12,15H,4,7,10-11H2,1-3H3. The van der Waals surface area contributed by atoms with Gasteiger partial charge in [-0.05, 0) is 24.0 Å². The van der Waals surface area contributed by atoms with Crippen molar-refractivity contribution in [3.63, 3.8) is 0 Å². The van der Waals surface area contributed by atoms with Crippen LogP contribution in [0.2, 0.25) is 0 Å². The highest BCUT2D eigenvalue weighted by atomic mass is 16.5. The Morgan fingerprint density at radius 1 is 1.31 bits per heavy atom. The minimum Gasteiger partial charge on any atom is -0.384 e. The van der Waals surface area contributed by atoms with Crippen LogP contribution in [0.25, 0.3) is 0 Å². The average Bonchev–Trinajstić information content (AvgIpc) is 2.29. The molecule has 0 heterocycles. The zero-order chi connectivity index (χ0) is 11.8. The van der Waals surface area contributed by atoms with Crippen LogP contribution >= 0.6 is 0 Å². The Morgan fingerprint density at radius 3 is 2.75 bits per heavy atom. The number of aryl methyl sites for hydroxylation is 1. The van der Waals surface area contributed by atoms with E-state index in [1.54, 1.807) is 7.11 Å². The predicted molar refractivity (Wildman–Crippen MR) is 70.0 cm³/mol. The van der Waals surface area contributed by atoms with E-state index < -0.39 is 0 Å². The largest absolute Gasteiger partial charge is 0.384 e. The summed E-state index contributed by atoms with van der Waals surface area (Å²) in [6.45, 7) is 6.18. The highest BCUT2D eigenvalue weighted by molar-refractivity contribution is 5.51. The first kappa shape index (κ1) is 13.0. The van der Waals surface area contributed by atoms with Crippen molar-refractivity contribution in [2.24, 2.45) is 5.92 Å². The Morgan fingerprint density at radius 2 is 2.06 bits per heavy atom. The van der Waals surface area contributed by atoms with Crippen LogP contribution in [0.1, 0.15) is 25.8 Å². The minimum atomic E-state index is 0.541. The first-order chi connectivity index (χ1) is 7.77. The van der Waals surface area contributed by atoms with Crippen molar-refractivity contribution < 1.29 is 4.74 Å². The molecule has 0 aliphatic heterocycles. The summed E-state index contributed by atoms with van der Waals surface area (Å²) in [5, 5.41) is 3.50. The van der Waals surface area contributed by atoms with Crippen LogP contribution in [-0.2, 0) is 11.2 Å². The summed E-state index contributed by atoms with van der Waals surface area (Å²) in [4.78, 5) is 0. The van der Waals surface area contributed by atoms with Gasteiger partial charge in [-0.25, -0.2) is 0 Å². The summed E-state index contributed by atoms with van der Waals surface area (Å²) in [6, 6.07) is 8.55. The summed E-state index contributed by atoms with van der Waals surface area (Å²) in [5.41, 5.74) is 2.68. The van der Waals surface area contributed by atoms with Gasteiger partial charge in [0.1, 0.15) is 0 Å². The number of methoxy groups -OCH3 is 1. The van der Waals surface area contributed by atoms with Gasteiger partial charge in [0.25, 0.3) is 0 Å². The van der Waals surface area contributed by atoms with Gasteiger partial charge in [0.15, 0.2) is 0 Å². The molecular weight excluding hydrogens is 198 g/mol. The van der Waals surface area contributed by atoms with Gasteiger partial charge in [0.2, 0.25) is 0 Å². The molecule has 0 amide bonds. The lowest BCUT2D eigenvalue weighted by atomic mass is 10.1. The van der Waals surface area contributed by atoms with E-state index >= 15 is 0 Å². The molecule has 0 fully saturated rings. The van der Waals surface area contributed by atoms with Crippen molar-refractivity contribution in [2.75, 3.05) is 25.6 Å². The maximum atomic E-state index is 5.13. The Labute approximate surface area is 99.0 Å². The van der Waals surface area contributed by atoms with Gasteiger partial charge in [-0.3, -0.25) is 0 Å². The molecule has 1 N–H and O–H groups in total. The topological polar surface area (TPSA) is 21.3 Å². The van der Waals surface area contributed by atoms with E-state index in [1.165, 1.54) is 17.7 Å². The van der Waals surface area contributed by atoms with E-state index in [9.17, 15) is 0 Å². The Balaban J connectivity index is 2.52. The average molecular weight is 221 g/mol. The predicted octanol–water partition coefficient (Wildman–Crippen LogP) is 3.33. The summed E-state index contributed by atoms with van der Waals surface area (Å²) in [6.07, 6.45) is 2.33. The summed E-state index contributed by atoms with van der Waals surface area (Å²) in [5.74, 6) is 0.541. The van der Waals surface area contributed by atoms with E-state index in [2.05, 4.69) is 43.4 Å². The van der Waals surface area contributed by atoms with Gasteiger partial charge in [-0.2, -0.15) is 0 Å².